The Morgan fingerprint density at radius 2 is 2.21 bits per heavy atom. The first-order valence-corrected chi connectivity index (χ1v) is 8.46. The van der Waals surface area contributed by atoms with Gasteiger partial charge in [-0.3, -0.25) is 9.59 Å². The maximum atomic E-state index is 12.3. The zero-order valence-corrected chi connectivity index (χ0v) is 14.9. The number of hydrogen-bond acceptors (Lipinski definition) is 6. The number of nitrogens with one attached hydrogen (secondary N) is 1. The second-order valence-corrected chi connectivity index (χ2v) is 6.46. The maximum absolute atomic E-state index is 12.3. The predicted octanol–water partition coefficient (Wildman–Crippen LogP) is 0.984. The Kier molecular flexibility index (Phi) is 6.65. The van der Waals surface area contributed by atoms with E-state index in [4.69, 9.17) is 4.74 Å². The Bertz CT molecular complexity index is 712. The highest BCUT2D eigenvalue weighted by Gasteiger charge is 2.17. The number of hydrogen-bond donors (Lipinski definition) is 1. The van der Waals surface area contributed by atoms with E-state index in [1.54, 1.807) is 18.4 Å². The van der Waals surface area contributed by atoms with Crippen LogP contribution in [0, 0.1) is 0 Å². The zero-order valence-electron chi connectivity index (χ0n) is 14.1. The van der Waals surface area contributed by atoms with Crippen LogP contribution in [-0.2, 0) is 11.3 Å². The van der Waals surface area contributed by atoms with Crippen LogP contribution in [0.4, 0.5) is 0 Å². The lowest BCUT2D eigenvalue weighted by atomic mass is 10.2. The van der Waals surface area contributed by atoms with Gasteiger partial charge in [0.1, 0.15) is 5.69 Å². The first-order valence-electron chi connectivity index (χ1n) is 7.58. The molecule has 1 atom stereocenters. The molecule has 8 heteroatoms. The molecule has 1 unspecified atom stereocenters. The van der Waals surface area contributed by atoms with Gasteiger partial charge in [0.15, 0.2) is 0 Å². The van der Waals surface area contributed by atoms with Crippen molar-refractivity contribution < 1.29 is 9.53 Å². The molecule has 2 aromatic rings. The van der Waals surface area contributed by atoms with Crippen LogP contribution in [0.15, 0.2) is 34.4 Å². The number of methoxy groups -OCH3 is 1. The minimum Gasteiger partial charge on any atom is -0.383 e. The van der Waals surface area contributed by atoms with Gasteiger partial charge in [-0.25, -0.2) is 4.68 Å². The number of ether oxygens (including phenoxy) is 1. The molecule has 2 aromatic heterocycles. The van der Waals surface area contributed by atoms with Crippen molar-refractivity contribution in [2.45, 2.75) is 12.6 Å². The van der Waals surface area contributed by atoms with Gasteiger partial charge in [-0.15, -0.1) is 11.3 Å². The zero-order chi connectivity index (χ0) is 17.5. The molecule has 24 heavy (non-hydrogen) atoms. The molecule has 0 fully saturated rings. The van der Waals surface area contributed by atoms with E-state index in [2.05, 4.69) is 15.3 Å². The molecule has 1 N–H and O–H groups in total. The Morgan fingerprint density at radius 1 is 1.42 bits per heavy atom. The summed E-state index contributed by atoms with van der Waals surface area (Å²) in [5.41, 5.74) is -0.0391. The fraction of sp³-hybridized carbons (Fsp3) is 0.438. The smallest absolute Gasteiger partial charge is 0.271 e. The highest BCUT2D eigenvalue weighted by Crippen LogP contribution is 2.22. The molecule has 0 bridgehead atoms. The van der Waals surface area contributed by atoms with Crippen molar-refractivity contribution in [2.75, 3.05) is 34.4 Å². The highest BCUT2D eigenvalue weighted by molar-refractivity contribution is 7.10. The minimum absolute atomic E-state index is 0.0911. The molecule has 0 spiro atoms. The molecule has 2 heterocycles. The molecular weight excluding hydrogens is 328 g/mol. The van der Waals surface area contributed by atoms with Crippen molar-refractivity contribution in [3.8, 4) is 0 Å². The molecule has 7 nitrogen and oxygen atoms in total. The number of carbonyl (C=O) groups excluding carboxylic acids is 1. The average Bonchev–Trinajstić information content (AvgIpc) is 3.08. The van der Waals surface area contributed by atoms with Crippen LogP contribution in [0.2, 0.25) is 0 Å². The summed E-state index contributed by atoms with van der Waals surface area (Å²) in [5.74, 6) is -0.301. The number of rotatable bonds is 8. The van der Waals surface area contributed by atoms with Crippen LogP contribution >= 0.6 is 11.3 Å². The molecule has 0 aliphatic rings. The van der Waals surface area contributed by atoms with E-state index in [9.17, 15) is 9.59 Å². The normalized spacial score (nSPS) is 12.3. The Hall–Kier alpha value is -2.03. The number of carbonyl (C=O) groups is 1. The van der Waals surface area contributed by atoms with Gasteiger partial charge in [0.2, 0.25) is 0 Å². The molecule has 0 aliphatic heterocycles. The van der Waals surface area contributed by atoms with Crippen LogP contribution in [0.25, 0.3) is 0 Å². The Labute approximate surface area is 144 Å². The largest absolute Gasteiger partial charge is 0.383 e. The SMILES string of the molecule is COCCn1nc(C(=O)NCC(c2cccs2)N(C)C)ccc1=O. The van der Waals surface area contributed by atoms with E-state index in [0.29, 0.717) is 19.7 Å². The molecule has 1 amide bonds. The molecular formula is C16H22N4O3S. The standard InChI is InChI=1S/C16H22N4O3S/c1-19(2)13(14-5-4-10-24-14)11-17-16(22)12-6-7-15(21)20(18-12)8-9-23-3/h4-7,10,13H,8-9,11H2,1-3H3,(H,17,22). The summed E-state index contributed by atoms with van der Waals surface area (Å²) >= 11 is 1.65. The van der Waals surface area contributed by atoms with Gasteiger partial charge in [-0.05, 0) is 31.6 Å². The lowest BCUT2D eigenvalue weighted by molar-refractivity contribution is 0.0933. The molecule has 2 rings (SSSR count). The minimum atomic E-state index is -0.301. The van der Waals surface area contributed by atoms with E-state index in [-0.39, 0.29) is 23.2 Å². The van der Waals surface area contributed by atoms with E-state index in [1.165, 1.54) is 21.7 Å². The monoisotopic (exact) mass is 350 g/mol. The topological polar surface area (TPSA) is 76.5 Å². The summed E-state index contributed by atoms with van der Waals surface area (Å²) in [6, 6.07) is 6.92. The highest BCUT2D eigenvalue weighted by atomic mass is 32.1. The van der Waals surface area contributed by atoms with E-state index in [0.717, 1.165) is 0 Å². The van der Waals surface area contributed by atoms with E-state index in [1.807, 2.05) is 31.6 Å². The van der Waals surface area contributed by atoms with Crippen molar-refractivity contribution in [1.82, 2.24) is 20.0 Å². The van der Waals surface area contributed by atoms with Gasteiger partial charge < -0.3 is 15.0 Å². The van der Waals surface area contributed by atoms with Crippen molar-refractivity contribution in [1.29, 1.82) is 0 Å². The van der Waals surface area contributed by atoms with Crippen molar-refractivity contribution >= 4 is 17.2 Å². The van der Waals surface area contributed by atoms with Crippen LogP contribution in [0.3, 0.4) is 0 Å². The first kappa shape index (κ1) is 18.3. The van der Waals surface area contributed by atoms with E-state index < -0.39 is 0 Å². The van der Waals surface area contributed by atoms with Crippen molar-refractivity contribution in [3.63, 3.8) is 0 Å². The third kappa shape index (κ3) is 4.73. The average molecular weight is 350 g/mol. The van der Waals surface area contributed by atoms with Gasteiger partial charge in [-0.2, -0.15) is 5.10 Å². The lowest BCUT2D eigenvalue weighted by Crippen LogP contribution is -2.36. The third-order valence-corrected chi connectivity index (χ3v) is 4.53. The number of nitrogens with zero attached hydrogens (tertiary/aromatic N) is 3. The molecule has 0 radical (unpaired) electrons. The molecule has 0 saturated carbocycles. The summed E-state index contributed by atoms with van der Waals surface area (Å²) in [6.07, 6.45) is 0. The lowest BCUT2D eigenvalue weighted by Gasteiger charge is -2.23. The van der Waals surface area contributed by atoms with Gasteiger partial charge >= 0.3 is 0 Å². The van der Waals surface area contributed by atoms with Gasteiger partial charge in [-0.1, -0.05) is 6.07 Å². The van der Waals surface area contributed by atoms with Crippen LogP contribution in [0.1, 0.15) is 21.4 Å². The van der Waals surface area contributed by atoms with Crippen molar-refractivity contribution in [3.05, 3.63) is 50.6 Å². The second-order valence-electron chi connectivity index (χ2n) is 5.48. The number of thiophene rings is 1. The van der Waals surface area contributed by atoms with Crippen LogP contribution in [-0.4, -0.2) is 54.9 Å². The summed E-state index contributed by atoms with van der Waals surface area (Å²) in [6.45, 7) is 1.14. The number of amides is 1. The fourth-order valence-corrected chi connectivity index (χ4v) is 3.13. The quantitative estimate of drug-likeness (QED) is 0.768. The summed E-state index contributed by atoms with van der Waals surface area (Å²) < 4.78 is 6.18. The Balaban J connectivity index is 2.05. The summed E-state index contributed by atoms with van der Waals surface area (Å²) in [4.78, 5) is 27.3. The first-order chi connectivity index (χ1) is 11.5. The van der Waals surface area contributed by atoms with E-state index >= 15 is 0 Å². The Morgan fingerprint density at radius 3 is 2.83 bits per heavy atom. The third-order valence-electron chi connectivity index (χ3n) is 3.56. The molecule has 0 aromatic carbocycles. The molecule has 0 saturated heterocycles. The molecule has 0 aliphatic carbocycles. The second kappa shape index (κ2) is 8.72. The van der Waals surface area contributed by atoms with Crippen LogP contribution in [0.5, 0.6) is 0 Å². The predicted molar refractivity (Wildman–Crippen MR) is 93.5 cm³/mol. The summed E-state index contributed by atoms with van der Waals surface area (Å²) in [7, 11) is 5.49. The van der Waals surface area contributed by atoms with Gasteiger partial charge in [0.25, 0.3) is 11.5 Å². The molecule has 130 valence electrons. The maximum Gasteiger partial charge on any atom is 0.271 e. The van der Waals surface area contributed by atoms with Gasteiger partial charge in [0, 0.05) is 24.6 Å². The fourth-order valence-electron chi connectivity index (χ4n) is 2.21. The van der Waals surface area contributed by atoms with Gasteiger partial charge in [0.05, 0.1) is 19.2 Å². The van der Waals surface area contributed by atoms with Crippen molar-refractivity contribution in [2.24, 2.45) is 0 Å². The number of likely N-dealkylation sites (N-methyl/N-ethyl adjacent to an activating group) is 1. The summed E-state index contributed by atoms with van der Waals surface area (Å²) in [5, 5.41) is 9.00. The number of aromatic nitrogens is 2. The van der Waals surface area contributed by atoms with Crippen LogP contribution < -0.4 is 10.9 Å².